The molecule has 3 atom stereocenters. The molecule has 2 aliphatic heterocycles. The molecule has 0 saturated carbocycles. The van der Waals surface area contributed by atoms with Crippen LogP contribution in [0, 0.1) is 0 Å². The van der Waals surface area contributed by atoms with Gasteiger partial charge in [0.15, 0.2) is 0 Å². The van der Waals surface area contributed by atoms with E-state index in [-0.39, 0.29) is 6.04 Å². The summed E-state index contributed by atoms with van der Waals surface area (Å²) in [7, 11) is 2.21. The Kier molecular flexibility index (Phi) is 5.19. The molecule has 31 heavy (non-hydrogen) atoms. The highest BCUT2D eigenvalue weighted by atomic mass is 16.5. The van der Waals surface area contributed by atoms with E-state index in [1.54, 1.807) is 4.90 Å². The number of piperidine rings is 2. The van der Waals surface area contributed by atoms with E-state index in [1.807, 2.05) is 54.6 Å². The maximum Gasteiger partial charge on any atom is 0.319 e. The van der Waals surface area contributed by atoms with Crippen LogP contribution in [0.25, 0.3) is 22.8 Å². The number of fused-ring (bicyclic) bond motifs is 2. The summed E-state index contributed by atoms with van der Waals surface area (Å²) < 4.78 is 5.61. The summed E-state index contributed by atoms with van der Waals surface area (Å²) in [6.45, 7) is 0. The summed E-state index contributed by atoms with van der Waals surface area (Å²) in [4.78, 5) is 21.5. The fourth-order valence-electron chi connectivity index (χ4n) is 5.20. The molecule has 2 fully saturated rings. The third-order valence-corrected chi connectivity index (χ3v) is 6.77. The molecular formula is C24H27N5O2. The van der Waals surface area contributed by atoms with Crippen LogP contribution >= 0.6 is 0 Å². The zero-order valence-corrected chi connectivity index (χ0v) is 17.6. The number of primary amides is 1. The number of nitrogens with zero attached hydrogens (tertiary/aromatic N) is 4. The van der Waals surface area contributed by atoms with Crippen molar-refractivity contribution >= 4 is 11.7 Å². The maximum atomic E-state index is 12.7. The van der Waals surface area contributed by atoms with Crippen molar-refractivity contribution in [2.75, 3.05) is 11.9 Å². The van der Waals surface area contributed by atoms with Crippen LogP contribution in [0.15, 0.2) is 59.1 Å². The Labute approximate surface area is 181 Å². The molecule has 2 aromatic carbocycles. The summed E-state index contributed by atoms with van der Waals surface area (Å²) in [6, 6.07) is 17.9. The van der Waals surface area contributed by atoms with E-state index in [0.29, 0.717) is 23.8 Å². The average Bonchev–Trinajstić information content (AvgIpc) is 3.25. The molecule has 1 aromatic heterocycles. The zero-order valence-electron chi connectivity index (χ0n) is 17.6. The lowest BCUT2D eigenvalue weighted by Crippen LogP contribution is -2.57. The Hall–Kier alpha value is -3.19. The lowest BCUT2D eigenvalue weighted by Gasteiger charge is -2.49. The number of rotatable bonds is 4. The van der Waals surface area contributed by atoms with Gasteiger partial charge in [-0.1, -0.05) is 54.0 Å². The summed E-state index contributed by atoms with van der Waals surface area (Å²) in [5.41, 5.74) is 8.26. The first-order chi connectivity index (χ1) is 15.1. The van der Waals surface area contributed by atoms with Gasteiger partial charge < -0.3 is 15.2 Å². The van der Waals surface area contributed by atoms with Crippen LogP contribution in [-0.4, -0.2) is 46.2 Å². The molecule has 2 N–H and O–H groups in total. The average molecular weight is 418 g/mol. The molecule has 7 nitrogen and oxygen atoms in total. The first-order valence-corrected chi connectivity index (χ1v) is 10.9. The van der Waals surface area contributed by atoms with E-state index in [0.717, 1.165) is 29.7 Å². The predicted octanol–water partition coefficient (Wildman–Crippen LogP) is 4.30. The van der Waals surface area contributed by atoms with Crippen molar-refractivity contribution in [3.05, 3.63) is 54.6 Å². The molecule has 5 rings (SSSR count). The summed E-state index contributed by atoms with van der Waals surface area (Å²) in [5.74, 6) is 0.902. The number of anilines is 1. The molecule has 2 amide bonds. The minimum Gasteiger partial charge on any atom is -0.351 e. The van der Waals surface area contributed by atoms with Gasteiger partial charge in [0.1, 0.15) is 0 Å². The van der Waals surface area contributed by atoms with Gasteiger partial charge in [0.25, 0.3) is 5.89 Å². The number of benzene rings is 2. The van der Waals surface area contributed by atoms with Crippen molar-refractivity contribution in [1.29, 1.82) is 0 Å². The van der Waals surface area contributed by atoms with Gasteiger partial charge in [-0.25, -0.2) is 4.79 Å². The Morgan fingerprint density at radius 3 is 2.45 bits per heavy atom. The number of hydrogen-bond acceptors (Lipinski definition) is 5. The number of nitrogens with two attached hydrogens (primary N) is 1. The monoisotopic (exact) mass is 417 g/mol. The molecule has 7 heteroatoms. The van der Waals surface area contributed by atoms with E-state index in [2.05, 4.69) is 22.1 Å². The molecule has 0 aliphatic carbocycles. The van der Waals surface area contributed by atoms with E-state index < -0.39 is 6.03 Å². The van der Waals surface area contributed by atoms with Crippen LogP contribution in [0.5, 0.6) is 0 Å². The van der Waals surface area contributed by atoms with Crippen molar-refractivity contribution in [3.63, 3.8) is 0 Å². The van der Waals surface area contributed by atoms with Crippen LogP contribution in [-0.2, 0) is 0 Å². The second kappa shape index (κ2) is 8.15. The Bertz CT molecular complexity index is 1050. The lowest BCUT2D eigenvalue weighted by atomic mass is 9.81. The van der Waals surface area contributed by atoms with Gasteiger partial charge in [0.05, 0.1) is 11.3 Å². The number of para-hydroxylation sites is 1. The van der Waals surface area contributed by atoms with Gasteiger partial charge in [-0.3, -0.25) is 4.90 Å². The van der Waals surface area contributed by atoms with Crippen LogP contribution in [0.4, 0.5) is 10.5 Å². The number of aromatic nitrogens is 2. The summed E-state index contributed by atoms with van der Waals surface area (Å²) in [5, 5.41) is 4.15. The highest BCUT2D eigenvalue weighted by Gasteiger charge is 2.40. The summed E-state index contributed by atoms with van der Waals surface area (Å²) in [6.07, 6.45) is 5.43. The molecule has 2 bridgehead atoms. The van der Waals surface area contributed by atoms with Crippen molar-refractivity contribution in [2.24, 2.45) is 5.73 Å². The second-order valence-electron chi connectivity index (χ2n) is 8.54. The van der Waals surface area contributed by atoms with Crippen molar-refractivity contribution in [1.82, 2.24) is 15.0 Å². The lowest BCUT2D eigenvalue weighted by molar-refractivity contribution is 0.0564. The standard InChI is InChI=1S/C24H27N5O2/c1-28-17-10-7-11-18(28)15-19(14-17)29(24(25)30)21-13-6-5-12-20(21)23-26-22(27-31-23)16-8-3-2-4-9-16/h2-6,8-9,12-13,17-19H,7,10-11,14-15H2,1H3,(H2,25,30)/t17-,18+,19?. The van der Waals surface area contributed by atoms with Crippen LogP contribution in [0.3, 0.4) is 0 Å². The first kappa shape index (κ1) is 19.8. The fraction of sp³-hybridized carbons (Fsp3) is 0.375. The largest absolute Gasteiger partial charge is 0.351 e. The minimum atomic E-state index is -0.442. The molecule has 0 spiro atoms. The molecule has 2 saturated heterocycles. The Balaban J connectivity index is 1.50. The van der Waals surface area contributed by atoms with Crippen LogP contribution in [0.1, 0.15) is 32.1 Å². The maximum absolute atomic E-state index is 12.7. The Morgan fingerprint density at radius 2 is 1.74 bits per heavy atom. The quantitative estimate of drug-likeness (QED) is 0.684. The van der Waals surface area contributed by atoms with E-state index >= 15 is 0 Å². The van der Waals surface area contributed by atoms with Crippen LogP contribution < -0.4 is 10.6 Å². The second-order valence-corrected chi connectivity index (χ2v) is 8.54. The SMILES string of the molecule is CN1[C@@H]2CCC[C@H]1CC(N(C(N)=O)c1ccccc1-c1nc(-c3ccccc3)no1)C2. The summed E-state index contributed by atoms with van der Waals surface area (Å²) >= 11 is 0. The van der Waals surface area contributed by atoms with Crippen molar-refractivity contribution in [3.8, 4) is 22.8 Å². The third-order valence-electron chi connectivity index (χ3n) is 6.77. The van der Waals surface area contributed by atoms with Crippen LogP contribution in [0.2, 0.25) is 0 Å². The van der Waals surface area contributed by atoms with Gasteiger partial charge in [0.2, 0.25) is 5.82 Å². The predicted molar refractivity (Wildman–Crippen MR) is 119 cm³/mol. The minimum absolute atomic E-state index is 0.0571. The molecule has 160 valence electrons. The van der Waals surface area contributed by atoms with Gasteiger partial charge in [-0.15, -0.1) is 0 Å². The van der Waals surface area contributed by atoms with E-state index in [1.165, 1.54) is 19.3 Å². The van der Waals surface area contributed by atoms with Crippen molar-refractivity contribution < 1.29 is 9.32 Å². The topological polar surface area (TPSA) is 88.5 Å². The number of amides is 2. The molecule has 3 heterocycles. The highest BCUT2D eigenvalue weighted by Crippen LogP contribution is 2.39. The first-order valence-electron chi connectivity index (χ1n) is 10.9. The normalized spacial score (nSPS) is 23.5. The van der Waals surface area contributed by atoms with Gasteiger partial charge >= 0.3 is 6.03 Å². The number of urea groups is 1. The molecule has 1 unspecified atom stereocenters. The third kappa shape index (κ3) is 3.70. The van der Waals surface area contributed by atoms with E-state index in [9.17, 15) is 4.79 Å². The smallest absolute Gasteiger partial charge is 0.319 e. The fourth-order valence-corrected chi connectivity index (χ4v) is 5.20. The molecule has 0 radical (unpaired) electrons. The van der Waals surface area contributed by atoms with Gasteiger partial charge in [0, 0.05) is 23.7 Å². The number of hydrogen-bond donors (Lipinski definition) is 1. The highest BCUT2D eigenvalue weighted by molar-refractivity contribution is 5.95. The van der Waals surface area contributed by atoms with Gasteiger partial charge in [-0.05, 0) is 44.9 Å². The van der Waals surface area contributed by atoms with Crippen molar-refractivity contribution in [2.45, 2.75) is 50.2 Å². The number of carbonyl (C=O) groups is 1. The molecule has 2 aliphatic rings. The van der Waals surface area contributed by atoms with E-state index in [4.69, 9.17) is 10.3 Å². The zero-order chi connectivity index (χ0) is 21.4. The molecular weight excluding hydrogens is 390 g/mol. The Morgan fingerprint density at radius 1 is 1.06 bits per heavy atom. The number of carbonyl (C=O) groups excluding carboxylic acids is 1. The molecule has 3 aromatic rings. The van der Waals surface area contributed by atoms with Gasteiger partial charge in [-0.2, -0.15) is 4.98 Å².